The second-order valence-corrected chi connectivity index (χ2v) is 5.93. The molecule has 2 N–H and O–H groups in total. The molecule has 132 valence electrons. The summed E-state index contributed by atoms with van der Waals surface area (Å²) in [5.41, 5.74) is -1.88. The van der Waals surface area contributed by atoms with Gasteiger partial charge >= 0.3 is 5.97 Å². The molecule has 1 amide bonds. The fraction of sp³-hybridized carbons (Fsp3) is 0.500. The summed E-state index contributed by atoms with van der Waals surface area (Å²) in [7, 11) is 1.29. The molecule has 8 heteroatoms. The molecule has 0 radical (unpaired) electrons. The van der Waals surface area contributed by atoms with Crippen LogP contribution in [0.25, 0.3) is 0 Å². The molecule has 2 rings (SSSR count). The van der Waals surface area contributed by atoms with Crippen LogP contribution >= 0.6 is 0 Å². The third-order valence-corrected chi connectivity index (χ3v) is 4.31. The molecule has 1 aromatic rings. The third kappa shape index (κ3) is 3.87. The Morgan fingerprint density at radius 2 is 1.88 bits per heavy atom. The number of benzene rings is 1. The summed E-state index contributed by atoms with van der Waals surface area (Å²) in [6.45, 7) is -0.182. The standard InChI is InChI=1S/C16H18F3NO4/c1-24-15(22)9-4-6-16(23,7-5-9)8-20-14(21)10-2-3-11(17)13(19)12(10)18/h2-3,9,23H,4-8H2,1H3,(H,20,21). The van der Waals surface area contributed by atoms with Gasteiger partial charge in [-0.2, -0.15) is 0 Å². The first-order valence-corrected chi connectivity index (χ1v) is 7.49. The highest BCUT2D eigenvalue weighted by Crippen LogP contribution is 2.32. The zero-order valence-electron chi connectivity index (χ0n) is 13.1. The van der Waals surface area contributed by atoms with E-state index in [1.165, 1.54) is 7.11 Å². The van der Waals surface area contributed by atoms with E-state index in [-0.39, 0.29) is 31.3 Å². The molecule has 0 saturated heterocycles. The fourth-order valence-electron chi connectivity index (χ4n) is 2.78. The van der Waals surface area contributed by atoms with E-state index < -0.39 is 34.5 Å². The highest BCUT2D eigenvalue weighted by Gasteiger charge is 2.36. The van der Waals surface area contributed by atoms with Crippen LogP contribution in [0.4, 0.5) is 13.2 Å². The van der Waals surface area contributed by atoms with Crippen LogP contribution < -0.4 is 5.32 Å². The lowest BCUT2D eigenvalue weighted by Gasteiger charge is -2.35. The molecule has 0 bridgehead atoms. The van der Waals surface area contributed by atoms with Crippen LogP contribution in [0.2, 0.25) is 0 Å². The van der Waals surface area contributed by atoms with Crippen LogP contribution in [0.3, 0.4) is 0 Å². The number of amides is 1. The summed E-state index contributed by atoms with van der Waals surface area (Å²) in [5.74, 6) is -6.27. The van der Waals surface area contributed by atoms with Gasteiger partial charge in [-0.05, 0) is 37.8 Å². The average Bonchev–Trinajstić information content (AvgIpc) is 2.58. The van der Waals surface area contributed by atoms with Gasteiger partial charge in [0.15, 0.2) is 17.5 Å². The highest BCUT2D eigenvalue weighted by molar-refractivity contribution is 5.94. The Labute approximate surface area is 136 Å². The van der Waals surface area contributed by atoms with Gasteiger partial charge in [-0.3, -0.25) is 9.59 Å². The second-order valence-electron chi connectivity index (χ2n) is 5.93. The van der Waals surface area contributed by atoms with Gasteiger partial charge in [0.1, 0.15) is 0 Å². The number of nitrogens with one attached hydrogen (secondary N) is 1. The molecule has 0 atom stereocenters. The average molecular weight is 345 g/mol. The summed E-state index contributed by atoms with van der Waals surface area (Å²) < 4.78 is 44.2. The van der Waals surface area contributed by atoms with Gasteiger partial charge < -0.3 is 15.2 Å². The van der Waals surface area contributed by atoms with Crippen LogP contribution in [0.1, 0.15) is 36.0 Å². The lowest BCUT2D eigenvalue weighted by Crippen LogP contribution is -2.46. The quantitative estimate of drug-likeness (QED) is 0.646. The monoisotopic (exact) mass is 345 g/mol. The number of carbonyl (C=O) groups is 2. The number of ether oxygens (including phenoxy) is 1. The third-order valence-electron chi connectivity index (χ3n) is 4.31. The van der Waals surface area contributed by atoms with E-state index in [4.69, 9.17) is 0 Å². The molecule has 0 unspecified atom stereocenters. The van der Waals surface area contributed by atoms with Crippen molar-refractivity contribution in [1.82, 2.24) is 5.32 Å². The lowest BCUT2D eigenvalue weighted by atomic mass is 9.78. The smallest absolute Gasteiger partial charge is 0.308 e. The fourth-order valence-corrected chi connectivity index (χ4v) is 2.78. The van der Waals surface area contributed by atoms with E-state index in [0.29, 0.717) is 18.9 Å². The molecule has 0 spiro atoms. The molecule has 1 fully saturated rings. The Hall–Kier alpha value is -2.09. The molecule has 1 aliphatic carbocycles. The van der Waals surface area contributed by atoms with E-state index in [2.05, 4.69) is 10.1 Å². The molecule has 0 heterocycles. The van der Waals surface area contributed by atoms with Gasteiger partial charge in [0.05, 0.1) is 24.2 Å². The van der Waals surface area contributed by atoms with Crippen LogP contribution in [-0.2, 0) is 9.53 Å². The van der Waals surface area contributed by atoms with Gasteiger partial charge in [0, 0.05) is 6.54 Å². The van der Waals surface area contributed by atoms with Crippen molar-refractivity contribution in [3.05, 3.63) is 35.1 Å². The normalized spacial score (nSPS) is 23.6. The largest absolute Gasteiger partial charge is 0.469 e. The summed E-state index contributed by atoms with van der Waals surface area (Å²) >= 11 is 0. The predicted octanol–water partition coefficient (Wildman–Crippen LogP) is 1.93. The lowest BCUT2D eigenvalue weighted by molar-refractivity contribution is -0.148. The molecule has 24 heavy (non-hydrogen) atoms. The molecule has 1 saturated carbocycles. The Morgan fingerprint density at radius 1 is 1.25 bits per heavy atom. The Bertz CT molecular complexity index is 642. The van der Waals surface area contributed by atoms with Crippen LogP contribution in [0.15, 0.2) is 12.1 Å². The van der Waals surface area contributed by atoms with Crippen molar-refractivity contribution in [3.8, 4) is 0 Å². The van der Waals surface area contributed by atoms with E-state index >= 15 is 0 Å². The Kier molecular flexibility index (Phi) is 5.48. The highest BCUT2D eigenvalue weighted by atomic mass is 19.2. The number of esters is 1. The van der Waals surface area contributed by atoms with E-state index in [1.807, 2.05) is 0 Å². The van der Waals surface area contributed by atoms with Crippen molar-refractivity contribution in [1.29, 1.82) is 0 Å². The van der Waals surface area contributed by atoms with Crippen molar-refractivity contribution >= 4 is 11.9 Å². The first kappa shape index (κ1) is 18.3. The van der Waals surface area contributed by atoms with Crippen molar-refractivity contribution in [3.63, 3.8) is 0 Å². The van der Waals surface area contributed by atoms with Crippen molar-refractivity contribution in [2.24, 2.45) is 5.92 Å². The van der Waals surface area contributed by atoms with Gasteiger partial charge in [-0.1, -0.05) is 0 Å². The van der Waals surface area contributed by atoms with Gasteiger partial charge in [0.2, 0.25) is 0 Å². The minimum absolute atomic E-state index is 0.182. The summed E-state index contributed by atoms with van der Waals surface area (Å²) in [4.78, 5) is 23.4. The maximum atomic E-state index is 13.6. The maximum absolute atomic E-state index is 13.6. The predicted molar refractivity (Wildman–Crippen MR) is 77.6 cm³/mol. The number of halogens is 3. The number of hydrogen-bond donors (Lipinski definition) is 2. The number of rotatable bonds is 4. The molecule has 1 aliphatic rings. The van der Waals surface area contributed by atoms with Crippen LogP contribution in [0, 0.1) is 23.4 Å². The van der Waals surface area contributed by atoms with Crippen LogP contribution in [-0.4, -0.2) is 36.2 Å². The first-order chi connectivity index (χ1) is 11.3. The number of aliphatic hydroxyl groups is 1. The number of hydrogen-bond acceptors (Lipinski definition) is 4. The molecule has 0 aliphatic heterocycles. The van der Waals surface area contributed by atoms with Crippen molar-refractivity contribution in [2.45, 2.75) is 31.3 Å². The summed E-state index contributed by atoms with van der Waals surface area (Å²) in [6.07, 6.45) is 1.32. The van der Waals surface area contributed by atoms with Crippen molar-refractivity contribution in [2.75, 3.05) is 13.7 Å². The molecule has 5 nitrogen and oxygen atoms in total. The zero-order chi connectivity index (χ0) is 17.9. The maximum Gasteiger partial charge on any atom is 0.308 e. The van der Waals surface area contributed by atoms with Gasteiger partial charge in [-0.15, -0.1) is 0 Å². The molecular weight excluding hydrogens is 327 g/mol. The topological polar surface area (TPSA) is 75.6 Å². The van der Waals surface area contributed by atoms with Gasteiger partial charge in [-0.25, -0.2) is 13.2 Å². The van der Waals surface area contributed by atoms with E-state index in [0.717, 1.165) is 6.07 Å². The molecular formula is C16H18F3NO4. The first-order valence-electron chi connectivity index (χ1n) is 7.49. The van der Waals surface area contributed by atoms with Crippen molar-refractivity contribution < 1.29 is 32.6 Å². The Morgan fingerprint density at radius 3 is 2.46 bits per heavy atom. The zero-order valence-corrected chi connectivity index (χ0v) is 13.1. The minimum Gasteiger partial charge on any atom is -0.469 e. The van der Waals surface area contributed by atoms with Crippen LogP contribution in [0.5, 0.6) is 0 Å². The summed E-state index contributed by atoms with van der Waals surface area (Å²) in [5, 5.41) is 12.7. The number of methoxy groups -OCH3 is 1. The molecule has 1 aromatic carbocycles. The SMILES string of the molecule is COC(=O)C1CCC(O)(CNC(=O)c2ccc(F)c(F)c2F)CC1. The second kappa shape index (κ2) is 7.21. The summed E-state index contributed by atoms with van der Waals surface area (Å²) in [6, 6.07) is 1.49. The number of carbonyl (C=O) groups excluding carboxylic acids is 2. The van der Waals surface area contributed by atoms with E-state index in [1.54, 1.807) is 0 Å². The van der Waals surface area contributed by atoms with Gasteiger partial charge in [0.25, 0.3) is 5.91 Å². The van der Waals surface area contributed by atoms with E-state index in [9.17, 15) is 27.9 Å². The Balaban J connectivity index is 1.95. The minimum atomic E-state index is -1.72. The molecule has 0 aromatic heterocycles.